The van der Waals surface area contributed by atoms with Crippen LogP contribution in [0.15, 0.2) is 47.0 Å². The van der Waals surface area contributed by atoms with Gasteiger partial charge in [-0.3, -0.25) is 0 Å². The number of nitrogens with one attached hydrogen (secondary N) is 1. The number of hydrogen-bond acceptors (Lipinski definition) is 3. The molecule has 0 aromatic rings. The van der Waals surface area contributed by atoms with Gasteiger partial charge in [-0.05, 0) is 36.8 Å². The van der Waals surface area contributed by atoms with Gasteiger partial charge in [-0.2, -0.15) is 0 Å². The second kappa shape index (κ2) is 4.29. The summed E-state index contributed by atoms with van der Waals surface area (Å²) in [4.78, 5) is 0. The van der Waals surface area contributed by atoms with Crippen molar-refractivity contribution >= 4 is 6.08 Å². The van der Waals surface area contributed by atoms with Gasteiger partial charge < -0.3 is 15.6 Å². The van der Waals surface area contributed by atoms with Crippen LogP contribution in [0.3, 0.4) is 0 Å². The molecule has 17 heavy (non-hydrogen) atoms. The molecule has 0 spiro atoms. The van der Waals surface area contributed by atoms with Gasteiger partial charge in [0.1, 0.15) is 11.5 Å². The first-order valence-corrected chi connectivity index (χ1v) is 5.29. The first kappa shape index (κ1) is 11.2. The predicted molar refractivity (Wildman–Crippen MR) is 68.3 cm³/mol. The topological polar surface area (TPSA) is 63.0 Å². The fourth-order valence-corrected chi connectivity index (χ4v) is 1.60. The van der Waals surface area contributed by atoms with E-state index >= 15 is 0 Å². The molecule has 0 amide bonds. The fourth-order valence-electron chi connectivity index (χ4n) is 1.60. The third-order valence-electron chi connectivity index (χ3n) is 2.53. The molecule has 0 unspecified atom stereocenters. The molecular weight excluding hydrogens is 212 g/mol. The molecule has 3 N–H and O–H groups in total. The zero-order chi connectivity index (χ0) is 12.4. The molecule has 2 rings (SSSR count). The third kappa shape index (κ3) is 2.28. The van der Waals surface area contributed by atoms with E-state index in [-0.39, 0.29) is 0 Å². The molecule has 0 bridgehead atoms. The second-order valence-electron chi connectivity index (χ2n) is 3.89. The summed E-state index contributed by atoms with van der Waals surface area (Å²) in [7, 11) is 0. The molecule has 0 radical (unpaired) electrons. The average molecular weight is 226 g/mol. The molecule has 3 heteroatoms. The maximum atomic E-state index is 7.56. The predicted octanol–water partition coefficient (Wildman–Crippen LogP) is 2.66. The number of allylic oxidation sites excluding steroid dienone is 1. The lowest BCUT2D eigenvalue weighted by Gasteiger charge is -2.08. The fraction of sp³-hybridized carbons (Fsp3) is 0.0714. The van der Waals surface area contributed by atoms with Crippen molar-refractivity contribution in [3.63, 3.8) is 0 Å². The number of benzene rings is 1. The molecular formula is C14H14N2O. The number of nitrogens with two attached hydrogens (primary N) is 1. The second-order valence-corrected chi connectivity index (χ2v) is 3.89. The molecule has 86 valence electrons. The van der Waals surface area contributed by atoms with Gasteiger partial charge in [0.2, 0.25) is 0 Å². The Morgan fingerprint density at radius 3 is 2.88 bits per heavy atom. The van der Waals surface area contributed by atoms with Crippen molar-refractivity contribution in [2.24, 2.45) is 5.73 Å². The standard InChI is InChI=1S/C14H14N2O/c1-3-11(15)7-13-9(2)6-10-4-5-12(16)8-14(10)17-13/h3-8,16H,1,15H2,2H3/b11-7+,16-12?. The number of aryl methyl sites for hydroxylation is 1. The summed E-state index contributed by atoms with van der Waals surface area (Å²) in [5, 5.41) is 7.99. The minimum Gasteiger partial charge on any atom is -0.456 e. The van der Waals surface area contributed by atoms with Crippen molar-refractivity contribution in [3.8, 4) is 11.3 Å². The lowest BCUT2D eigenvalue weighted by molar-refractivity contribution is 0.548. The highest BCUT2D eigenvalue weighted by atomic mass is 16.3. The van der Waals surface area contributed by atoms with Crippen LogP contribution < -0.4 is 11.1 Å². The Labute approximate surface area is 99.7 Å². The molecule has 0 aromatic carbocycles. The van der Waals surface area contributed by atoms with Crippen molar-refractivity contribution in [2.75, 3.05) is 0 Å². The van der Waals surface area contributed by atoms with Crippen molar-refractivity contribution in [1.82, 2.24) is 0 Å². The molecule has 1 aliphatic carbocycles. The van der Waals surface area contributed by atoms with Gasteiger partial charge in [-0.25, -0.2) is 0 Å². The van der Waals surface area contributed by atoms with E-state index in [1.807, 2.05) is 19.1 Å². The third-order valence-corrected chi connectivity index (χ3v) is 2.53. The van der Waals surface area contributed by atoms with Gasteiger partial charge in [-0.15, -0.1) is 0 Å². The van der Waals surface area contributed by atoms with Gasteiger partial charge in [0.15, 0.2) is 0 Å². The Kier molecular flexibility index (Phi) is 2.83. The van der Waals surface area contributed by atoms with Crippen LogP contribution in [0.2, 0.25) is 0 Å². The summed E-state index contributed by atoms with van der Waals surface area (Å²) in [6.45, 7) is 5.56. The van der Waals surface area contributed by atoms with E-state index < -0.39 is 0 Å². The lowest BCUT2D eigenvalue weighted by Crippen LogP contribution is -1.99. The van der Waals surface area contributed by atoms with Crippen LogP contribution >= 0.6 is 0 Å². The van der Waals surface area contributed by atoms with Gasteiger partial charge in [-0.1, -0.05) is 6.58 Å². The molecule has 0 atom stereocenters. The Morgan fingerprint density at radius 1 is 1.41 bits per heavy atom. The minimum absolute atomic E-state index is 0.428. The largest absolute Gasteiger partial charge is 0.456 e. The maximum Gasteiger partial charge on any atom is 0.136 e. The van der Waals surface area contributed by atoms with E-state index in [1.54, 1.807) is 24.3 Å². The van der Waals surface area contributed by atoms with E-state index in [9.17, 15) is 0 Å². The first-order chi connectivity index (χ1) is 8.10. The van der Waals surface area contributed by atoms with Crippen LogP contribution in [0.1, 0.15) is 11.3 Å². The summed E-state index contributed by atoms with van der Waals surface area (Å²) in [6, 6.07) is 7.32. The molecule has 0 saturated heterocycles. The molecule has 2 aliphatic rings. The monoisotopic (exact) mass is 226 g/mol. The van der Waals surface area contributed by atoms with Crippen molar-refractivity contribution in [1.29, 1.82) is 5.41 Å². The summed E-state index contributed by atoms with van der Waals surface area (Å²) in [6.07, 6.45) is 3.30. The molecule has 3 nitrogen and oxygen atoms in total. The smallest absolute Gasteiger partial charge is 0.136 e. The minimum atomic E-state index is 0.428. The van der Waals surface area contributed by atoms with Gasteiger partial charge >= 0.3 is 0 Å². The highest BCUT2D eigenvalue weighted by Gasteiger charge is 2.07. The maximum absolute atomic E-state index is 7.56. The van der Waals surface area contributed by atoms with E-state index in [4.69, 9.17) is 15.6 Å². The first-order valence-electron chi connectivity index (χ1n) is 5.29. The zero-order valence-electron chi connectivity index (χ0n) is 9.66. The number of hydrogen-bond donors (Lipinski definition) is 2. The van der Waals surface area contributed by atoms with E-state index in [0.29, 0.717) is 22.6 Å². The van der Waals surface area contributed by atoms with Gasteiger partial charge in [0.25, 0.3) is 0 Å². The van der Waals surface area contributed by atoms with Crippen molar-refractivity contribution < 1.29 is 4.42 Å². The Balaban J connectivity index is 2.66. The Hall–Kier alpha value is -2.29. The summed E-state index contributed by atoms with van der Waals surface area (Å²) in [5.41, 5.74) is 8.23. The molecule has 0 aromatic heterocycles. The van der Waals surface area contributed by atoms with Crippen molar-refractivity contribution in [3.05, 3.63) is 59.3 Å². The zero-order valence-corrected chi connectivity index (χ0v) is 9.66. The van der Waals surface area contributed by atoms with Gasteiger partial charge in [0, 0.05) is 23.4 Å². The van der Waals surface area contributed by atoms with Crippen molar-refractivity contribution in [2.45, 2.75) is 6.92 Å². The molecule has 0 saturated carbocycles. The average Bonchev–Trinajstić information content (AvgIpc) is 2.30. The Bertz CT molecular complexity index is 623. The summed E-state index contributed by atoms with van der Waals surface area (Å²) >= 11 is 0. The van der Waals surface area contributed by atoms with Crippen LogP contribution in [0.5, 0.6) is 0 Å². The van der Waals surface area contributed by atoms with Crippen LogP contribution in [0.25, 0.3) is 17.4 Å². The molecule has 0 fully saturated rings. The molecule has 1 heterocycles. The summed E-state index contributed by atoms with van der Waals surface area (Å²) < 4.78 is 5.72. The quantitative estimate of drug-likeness (QED) is 0.773. The number of rotatable bonds is 2. The highest BCUT2D eigenvalue weighted by molar-refractivity contribution is 5.63. The van der Waals surface area contributed by atoms with E-state index in [2.05, 4.69) is 6.58 Å². The van der Waals surface area contributed by atoms with Crippen LogP contribution in [0, 0.1) is 12.3 Å². The Morgan fingerprint density at radius 2 is 2.18 bits per heavy atom. The normalized spacial score (nSPS) is 11.7. The SMILES string of the molecule is C=C/C(N)=C\c1oc2cc(=N)ccc-2cc1C. The van der Waals surface area contributed by atoms with Crippen LogP contribution in [0.4, 0.5) is 0 Å². The number of fused-ring (bicyclic) bond motifs is 1. The highest BCUT2D eigenvalue weighted by Crippen LogP contribution is 2.25. The lowest BCUT2D eigenvalue weighted by atomic mass is 10.1. The molecule has 1 aliphatic heterocycles. The van der Waals surface area contributed by atoms with Gasteiger partial charge in [0.05, 0.1) is 5.36 Å². The van der Waals surface area contributed by atoms with Crippen LogP contribution in [-0.4, -0.2) is 0 Å². The van der Waals surface area contributed by atoms with E-state index in [0.717, 1.165) is 11.1 Å². The summed E-state index contributed by atoms with van der Waals surface area (Å²) in [5.74, 6) is 1.38. The van der Waals surface area contributed by atoms with Crippen LogP contribution in [-0.2, 0) is 0 Å². The van der Waals surface area contributed by atoms with E-state index in [1.165, 1.54) is 0 Å².